The van der Waals surface area contributed by atoms with E-state index in [1.165, 1.54) is 16.8 Å². The zero-order valence-electron chi connectivity index (χ0n) is 14.8. The van der Waals surface area contributed by atoms with Gasteiger partial charge in [-0.05, 0) is 43.2 Å². The van der Waals surface area contributed by atoms with Gasteiger partial charge in [0, 0.05) is 43.4 Å². The zero-order valence-corrected chi connectivity index (χ0v) is 15.5. The standard InChI is InChI=1S/C20H24ClN3O/c1-15-4-3-5-17(12-15)14-22-20(25)24-10-8-23(9-11-24)19-7-6-18(21)13-16(19)2/h3-7,12-13H,8-11,14H2,1-2H3,(H,22,25). The SMILES string of the molecule is Cc1cccc(CNC(=O)N2CCN(c3ccc(Cl)cc3C)CC2)c1. The number of nitrogens with zero attached hydrogens (tertiary/aromatic N) is 2. The van der Waals surface area contributed by atoms with Gasteiger partial charge in [-0.25, -0.2) is 4.79 Å². The summed E-state index contributed by atoms with van der Waals surface area (Å²) in [5, 5.41) is 3.78. The third kappa shape index (κ3) is 4.45. The van der Waals surface area contributed by atoms with E-state index in [4.69, 9.17) is 11.6 Å². The van der Waals surface area contributed by atoms with Gasteiger partial charge in [-0.15, -0.1) is 0 Å². The summed E-state index contributed by atoms with van der Waals surface area (Å²) in [6, 6.07) is 14.2. The largest absolute Gasteiger partial charge is 0.368 e. The summed E-state index contributed by atoms with van der Waals surface area (Å²) in [7, 11) is 0. The van der Waals surface area contributed by atoms with Crippen molar-refractivity contribution < 1.29 is 4.79 Å². The van der Waals surface area contributed by atoms with Gasteiger partial charge in [0.2, 0.25) is 0 Å². The Labute approximate surface area is 154 Å². The van der Waals surface area contributed by atoms with Crippen LogP contribution in [0.15, 0.2) is 42.5 Å². The molecule has 1 saturated heterocycles. The Balaban J connectivity index is 1.52. The number of nitrogens with one attached hydrogen (secondary N) is 1. The van der Waals surface area contributed by atoms with Gasteiger partial charge in [-0.2, -0.15) is 0 Å². The summed E-state index contributed by atoms with van der Waals surface area (Å²) < 4.78 is 0. The number of hydrogen-bond acceptors (Lipinski definition) is 2. The van der Waals surface area contributed by atoms with Crippen molar-refractivity contribution >= 4 is 23.3 Å². The van der Waals surface area contributed by atoms with Crippen LogP contribution in [-0.4, -0.2) is 37.1 Å². The highest BCUT2D eigenvalue weighted by Crippen LogP contribution is 2.24. The molecule has 0 radical (unpaired) electrons. The lowest BCUT2D eigenvalue weighted by atomic mass is 10.1. The maximum absolute atomic E-state index is 12.4. The maximum Gasteiger partial charge on any atom is 0.317 e. The van der Waals surface area contributed by atoms with Gasteiger partial charge in [0.15, 0.2) is 0 Å². The molecular weight excluding hydrogens is 334 g/mol. The van der Waals surface area contributed by atoms with Gasteiger partial charge < -0.3 is 15.1 Å². The van der Waals surface area contributed by atoms with Crippen LogP contribution in [0.1, 0.15) is 16.7 Å². The first-order chi connectivity index (χ1) is 12.0. The fourth-order valence-corrected chi connectivity index (χ4v) is 3.46. The average molecular weight is 358 g/mol. The molecule has 0 aromatic heterocycles. The second-order valence-corrected chi connectivity index (χ2v) is 6.99. The number of amides is 2. The van der Waals surface area contributed by atoms with Crippen molar-refractivity contribution in [2.75, 3.05) is 31.1 Å². The summed E-state index contributed by atoms with van der Waals surface area (Å²) in [6.07, 6.45) is 0. The van der Waals surface area contributed by atoms with Crippen LogP contribution in [0.4, 0.5) is 10.5 Å². The van der Waals surface area contributed by atoms with E-state index in [0.717, 1.165) is 36.8 Å². The van der Waals surface area contributed by atoms with Gasteiger partial charge in [0.05, 0.1) is 0 Å². The number of piperazine rings is 1. The number of benzene rings is 2. The molecule has 1 fully saturated rings. The number of rotatable bonds is 3. The molecule has 0 bridgehead atoms. The predicted octanol–water partition coefficient (Wildman–Crippen LogP) is 3.99. The molecule has 0 atom stereocenters. The molecule has 25 heavy (non-hydrogen) atoms. The molecule has 1 aliphatic heterocycles. The Hall–Kier alpha value is -2.20. The molecule has 1 aliphatic rings. The van der Waals surface area contributed by atoms with Crippen LogP contribution >= 0.6 is 11.6 Å². The van der Waals surface area contributed by atoms with Crippen molar-refractivity contribution in [2.24, 2.45) is 0 Å². The molecule has 5 heteroatoms. The molecule has 4 nitrogen and oxygen atoms in total. The average Bonchev–Trinajstić information content (AvgIpc) is 2.60. The minimum absolute atomic E-state index is 0.00832. The van der Waals surface area contributed by atoms with E-state index >= 15 is 0 Å². The topological polar surface area (TPSA) is 35.6 Å². The molecule has 1 heterocycles. The Morgan fingerprint density at radius 2 is 1.84 bits per heavy atom. The van der Waals surface area contributed by atoms with Gasteiger partial charge >= 0.3 is 6.03 Å². The first-order valence-corrected chi connectivity index (χ1v) is 9.00. The normalized spacial score (nSPS) is 14.5. The minimum Gasteiger partial charge on any atom is -0.368 e. The third-order valence-corrected chi connectivity index (χ3v) is 4.83. The van der Waals surface area contributed by atoms with Gasteiger partial charge in [-0.1, -0.05) is 41.4 Å². The molecule has 3 rings (SSSR count). The van der Waals surface area contributed by atoms with Crippen molar-refractivity contribution in [3.05, 3.63) is 64.2 Å². The first-order valence-electron chi connectivity index (χ1n) is 8.62. The molecule has 0 spiro atoms. The lowest BCUT2D eigenvalue weighted by Gasteiger charge is -2.36. The number of anilines is 1. The second-order valence-electron chi connectivity index (χ2n) is 6.55. The highest BCUT2D eigenvalue weighted by atomic mass is 35.5. The fraction of sp³-hybridized carbons (Fsp3) is 0.350. The van der Waals surface area contributed by atoms with Crippen LogP contribution in [-0.2, 0) is 6.54 Å². The number of urea groups is 1. The van der Waals surface area contributed by atoms with E-state index < -0.39 is 0 Å². The molecule has 2 amide bonds. The van der Waals surface area contributed by atoms with Crippen LogP contribution in [0.2, 0.25) is 5.02 Å². The molecule has 1 N–H and O–H groups in total. The first kappa shape index (κ1) is 17.6. The van der Waals surface area contributed by atoms with Crippen molar-refractivity contribution in [1.29, 1.82) is 0 Å². The quantitative estimate of drug-likeness (QED) is 0.901. The van der Waals surface area contributed by atoms with Crippen molar-refractivity contribution in [1.82, 2.24) is 10.2 Å². The predicted molar refractivity (Wildman–Crippen MR) is 103 cm³/mol. The van der Waals surface area contributed by atoms with E-state index in [-0.39, 0.29) is 6.03 Å². The van der Waals surface area contributed by atoms with E-state index in [1.54, 1.807) is 0 Å². The second kappa shape index (κ2) is 7.79. The summed E-state index contributed by atoms with van der Waals surface area (Å²) in [5.74, 6) is 0. The summed E-state index contributed by atoms with van der Waals surface area (Å²) >= 11 is 6.04. The third-order valence-electron chi connectivity index (χ3n) is 4.59. The minimum atomic E-state index is 0.00832. The molecule has 2 aromatic carbocycles. The number of hydrogen-bond donors (Lipinski definition) is 1. The Kier molecular flexibility index (Phi) is 5.49. The molecular formula is C20H24ClN3O. The Bertz CT molecular complexity index is 754. The van der Waals surface area contributed by atoms with Crippen LogP contribution in [0.5, 0.6) is 0 Å². The van der Waals surface area contributed by atoms with Crippen molar-refractivity contribution in [3.8, 4) is 0 Å². The fourth-order valence-electron chi connectivity index (χ4n) is 3.24. The number of halogens is 1. The van der Waals surface area contributed by atoms with E-state index in [0.29, 0.717) is 6.54 Å². The van der Waals surface area contributed by atoms with Crippen molar-refractivity contribution in [2.45, 2.75) is 20.4 Å². The van der Waals surface area contributed by atoms with Gasteiger partial charge in [0.25, 0.3) is 0 Å². The highest BCUT2D eigenvalue weighted by molar-refractivity contribution is 6.30. The van der Waals surface area contributed by atoms with Gasteiger partial charge in [0.1, 0.15) is 0 Å². The Morgan fingerprint density at radius 3 is 2.52 bits per heavy atom. The van der Waals surface area contributed by atoms with Crippen LogP contribution in [0.25, 0.3) is 0 Å². The Morgan fingerprint density at radius 1 is 1.08 bits per heavy atom. The van der Waals surface area contributed by atoms with Crippen LogP contribution in [0.3, 0.4) is 0 Å². The lowest BCUT2D eigenvalue weighted by molar-refractivity contribution is 0.194. The lowest BCUT2D eigenvalue weighted by Crippen LogP contribution is -2.51. The number of aryl methyl sites for hydroxylation is 2. The van der Waals surface area contributed by atoms with Crippen LogP contribution in [0, 0.1) is 13.8 Å². The maximum atomic E-state index is 12.4. The summed E-state index contributed by atoms with van der Waals surface area (Å²) in [6.45, 7) is 7.81. The monoisotopic (exact) mass is 357 g/mol. The highest BCUT2D eigenvalue weighted by Gasteiger charge is 2.21. The molecule has 0 aliphatic carbocycles. The number of carbonyl (C=O) groups is 1. The molecule has 0 saturated carbocycles. The van der Waals surface area contributed by atoms with Crippen molar-refractivity contribution in [3.63, 3.8) is 0 Å². The van der Waals surface area contributed by atoms with E-state index in [2.05, 4.69) is 42.3 Å². The summed E-state index contributed by atoms with van der Waals surface area (Å²) in [5.41, 5.74) is 4.71. The smallest absolute Gasteiger partial charge is 0.317 e. The number of carbonyl (C=O) groups excluding carboxylic acids is 1. The van der Waals surface area contributed by atoms with E-state index in [1.807, 2.05) is 29.2 Å². The summed E-state index contributed by atoms with van der Waals surface area (Å²) in [4.78, 5) is 16.6. The van der Waals surface area contributed by atoms with E-state index in [9.17, 15) is 4.79 Å². The zero-order chi connectivity index (χ0) is 17.8. The molecule has 0 unspecified atom stereocenters. The molecule has 132 valence electrons. The van der Waals surface area contributed by atoms with Gasteiger partial charge in [-0.3, -0.25) is 0 Å². The molecule has 2 aromatic rings. The van der Waals surface area contributed by atoms with Crippen LogP contribution < -0.4 is 10.2 Å².